The number of amides is 2. The maximum absolute atomic E-state index is 13.3. The maximum Gasteiger partial charge on any atom is 0.256 e. The Kier molecular flexibility index (Phi) is 6.83. The van der Waals surface area contributed by atoms with Crippen LogP contribution in [0.3, 0.4) is 0 Å². The molecule has 4 rings (SSSR count). The van der Waals surface area contributed by atoms with Gasteiger partial charge in [-0.05, 0) is 43.2 Å². The first-order chi connectivity index (χ1) is 15.6. The molecule has 0 bridgehead atoms. The molecule has 2 aromatic rings. The molecule has 2 aliphatic rings. The summed E-state index contributed by atoms with van der Waals surface area (Å²) in [6.07, 6.45) is 2.50. The maximum atomic E-state index is 13.3. The second-order valence-corrected chi connectivity index (χ2v) is 8.28. The number of para-hydroxylation sites is 2. The lowest BCUT2D eigenvalue weighted by molar-refractivity contribution is -0.115. The number of nitrogens with zero attached hydrogens (tertiary/aromatic N) is 3. The molecule has 2 aliphatic heterocycles. The van der Waals surface area contributed by atoms with Crippen molar-refractivity contribution in [1.29, 1.82) is 0 Å². The first-order valence-electron chi connectivity index (χ1n) is 11.5. The lowest BCUT2D eigenvalue weighted by atomic mass is 10.1. The van der Waals surface area contributed by atoms with Crippen LogP contribution in [-0.2, 0) is 4.79 Å². The fraction of sp³-hybridized carbons (Fsp3) is 0.440. The van der Waals surface area contributed by atoms with Crippen molar-refractivity contribution in [1.82, 2.24) is 4.90 Å². The summed E-state index contributed by atoms with van der Waals surface area (Å²) in [7, 11) is 1.70. The summed E-state index contributed by atoms with van der Waals surface area (Å²) in [5.41, 5.74) is 3.39. The molecule has 0 spiro atoms. The Labute approximate surface area is 189 Å². The zero-order chi connectivity index (χ0) is 22.5. The molecular formula is C25H32N4O3. The Hall–Kier alpha value is -3.22. The summed E-state index contributed by atoms with van der Waals surface area (Å²) < 4.78 is 5.53. The van der Waals surface area contributed by atoms with E-state index in [2.05, 4.69) is 21.2 Å². The van der Waals surface area contributed by atoms with E-state index in [-0.39, 0.29) is 11.8 Å². The highest BCUT2D eigenvalue weighted by atomic mass is 16.5. The molecule has 0 radical (unpaired) electrons. The van der Waals surface area contributed by atoms with Crippen LogP contribution in [0.1, 0.15) is 36.5 Å². The van der Waals surface area contributed by atoms with Gasteiger partial charge >= 0.3 is 0 Å². The van der Waals surface area contributed by atoms with Gasteiger partial charge in [-0.1, -0.05) is 19.1 Å². The number of hydrogen-bond acceptors (Lipinski definition) is 5. The van der Waals surface area contributed by atoms with E-state index in [1.165, 1.54) is 0 Å². The molecule has 2 amide bonds. The fourth-order valence-corrected chi connectivity index (χ4v) is 4.48. The Morgan fingerprint density at radius 2 is 1.56 bits per heavy atom. The number of piperazine rings is 1. The van der Waals surface area contributed by atoms with E-state index < -0.39 is 0 Å². The highest BCUT2D eigenvalue weighted by Crippen LogP contribution is 2.31. The minimum atomic E-state index is -0.0530. The van der Waals surface area contributed by atoms with Crippen LogP contribution in [0.5, 0.6) is 5.75 Å². The van der Waals surface area contributed by atoms with E-state index in [9.17, 15) is 9.59 Å². The number of anilines is 3. The van der Waals surface area contributed by atoms with Crippen molar-refractivity contribution in [2.75, 3.05) is 61.5 Å². The van der Waals surface area contributed by atoms with E-state index in [0.717, 1.165) is 69.2 Å². The van der Waals surface area contributed by atoms with Crippen LogP contribution in [0.25, 0.3) is 0 Å². The molecular weight excluding hydrogens is 404 g/mol. The Morgan fingerprint density at radius 1 is 0.906 bits per heavy atom. The lowest BCUT2D eigenvalue weighted by Gasteiger charge is -2.38. The van der Waals surface area contributed by atoms with Crippen LogP contribution in [0, 0.1) is 0 Å². The monoisotopic (exact) mass is 436 g/mol. The van der Waals surface area contributed by atoms with E-state index >= 15 is 0 Å². The normalized spacial score (nSPS) is 16.2. The molecule has 1 N–H and O–H groups in total. The molecule has 0 unspecified atom stereocenters. The Bertz CT molecular complexity index is 963. The molecule has 32 heavy (non-hydrogen) atoms. The van der Waals surface area contributed by atoms with Crippen molar-refractivity contribution in [2.24, 2.45) is 0 Å². The molecule has 170 valence electrons. The van der Waals surface area contributed by atoms with Gasteiger partial charge < -0.3 is 24.8 Å². The van der Waals surface area contributed by atoms with Crippen molar-refractivity contribution in [3.8, 4) is 5.75 Å². The summed E-state index contributed by atoms with van der Waals surface area (Å²) in [5.74, 6) is 0.877. The molecule has 0 aliphatic carbocycles. The number of ether oxygens (including phenoxy) is 1. The summed E-state index contributed by atoms with van der Waals surface area (Å²) in [6.45, 7) is 6.70. The fourth-order valence-electron chi connectivity index (χ4n) is 4.48. The molecule has 0 atom stereocenters. The quantitative estimate of drug-likeness (QED) is 0.750. The predicted octanol–water partition coefficient (Wildman–Crippen LogP) is 3.61. The summed E-state index contributed by atoms with van der Waals surface area (Å²) in [6, 6.07) is 13.8. The van der Waals surface area contributed by atoms with Gasteiger partial charge in [-0.2, -0.15) is 0 Å². The van der Waals surface area contributed by atoms with Gasteiger partial charge in [-0.15, -0.1) is 0 Å². The number of methoxy groups -OCH3 is 1. The van der Waals surface area contributed by atoms with Crippen molar-refractivity contribution >= 4 is 28.9 Å². The lowest BCUT2D eigenvalue weighted by Crippen LogP contribution is -2.47. The zero-order valence-corrected chi connectivity index (χ0v) is 19.0. The van der Waals surface area contributed by atoms with Crippen LogP contribution in [0.15, 0.2) is 42.5 Å². The smallest absolute Gasteiger partial charge is 0.256 e. The van der Waals surface area contributed by atoms with Gasteiger partial charge in [0.1, 0.15) is 5.75 Å². The van der Waals surface area contributed by atoms with Crippen LogP contribution in [-0.4, -0.2) is 63.1 Å². The average Bonchev–Trinajstić information content (AvgIpc) is 3.38. The molecule has 2 aromatic carbocycles. The van der Waals surface area contributed by atoms with Gasteiger partial charge in [0.05, 0.1) is 18.4 Å². The Balaban J connectivity index is 1.56. The van der Waals surface area contributed by atoms with E-state index in [0.29, 0.717) is 17.7 Å². The molecule has 2 heterocycles. The number of likely N-dealkylation sites (tertiary alicyclic amines) is 1. The molecule has 0 saturated carbocycles. The summed E-state index contributed by atoms with van der Waals surface area (Å²) in [4.78, 5) is 31.8. The van der Waals surface area contributed by atoms with Crippen molar-refractivity contribution < 1.29 is 14.3 Å². The van der Waals surface area contributed by atoms with Crippen molar-refractivity contribution in [3.05, 3.63) is 48.0 Å². The standard InChI is InChI=1S/C25H32N4O3/c1-3-24(30)26-19-10-11-21(20(18-19)25(31)29-12-6-7-13-29)27-14-16-28(17-15-27)22-8-4-5-9-23(22)32-2/h4-5,8-11,18H,3,6-7,12-17H2,1-2H3,(H,26,30). The first-order valence-corrected chi connectivity index (χ1v) is 11.5. The minimum absolute atomic E-state index is 0.0530. The van der Waals surface area contributed by atoms with Gasteiger partial charge in [0.2, 0.25) is 5.91 Å². The van der Waals surface area contributed by atoms with Gasteiger partial charge in [0, 0.05) is 57.1 Å². The number of nitrogens with one attached hydrogen (secondary N) is 1. The van der Waals surface area contributed by atoms with Crippen LogP contribution in [0.2, 0.25) is 0 Å². The van der Waals surface area contributed by atoms with Gasteiger partial charge in [0.15, 0.2) is 0 Å². The molecule has 0 aromatic heterocycles. The molecule has 7 nitrogen and oxygen atoms in total. The Morgan fingerprint density at radius 3 is 2.22 bits per heavy atom. The van der Waals surface area contributed by atoms with Crippen molar-refractivity contribution in [3.63, 3.8) is 0 Å². The second-order valence-electron chi connectivity index (χ2n) is 8.28. The third-order valence-electron chi connectivity index (χ3n) is 6.27. The van der Waals surface area contributed by atoms with E-state index in [1.807, 2.05) is 48.2 Å². The highest BCUT2D eigenvalue weighted by molar-refractivity contribution is 6.02. The highest BCUT2D eigenvalue weighted by Gasteiger charge is 2.27. The van der Waals surface area contributed by atoms with E-state index in [1.54, 1.807) is 7.11 Å². The number of carbonyl (C=O) groups is 2. The molecule has 7 heteroatoms. The predicted molar refractivity (Wildman–Crippen MR) is 128 cm³/mol. The number of hydrogen-bond donors (Lipinski definition) is 1. The van der Waals surface area contributed by atoms with Crippen molar-refractivity contribution in [2.45, 2.75) is 26.2 Å². The van der Waals surface area contributed by atoms with Gasteiger partial charge in [-0.3, -0.25) is 9.59 Å². The van der Waals surface area contributed by atoms with E-state index in [4.69, 9.17) is 4.74 Å². The SMILES string of the molecule is CCC(=O)Nc1ccc(N2CCN(c3ccccc3OC)CC2)c(C(=O)N2CCCC2)c1. The first kappa shape index (κ1) is 22.0. The van der Waals surface area contributed by atoms with Crippen LogP contribution >= 0.6 is 0 Å². The second kappa shape index (κ2) is 9.94. The summed E-state index contributed by atoms with van der Waals surface area (Å²) >= 11 is 0. The minimum Gasteiger partial charge on any atom is -0.495 e. The van der Waals surface area contributed by atoms with Gasteiger partial charge in [-0.25, -0.2) is 0 Å². The third-order valence-corrected chi connectivity index (χ3v) is 6.27. The topological polar surface area (TPSA) is 65.1 Å². The largest absolute Gasteiger partial charge is 0.495 e. The summed E-state index contributed by atoms with van der Waals surface area (Å²) in [5, 5.41) is 2.90. The number of benzene rings is 2. The average molecular weight is 437 g/mol. The molecule has 2 fully saturated rings. The van der Waals surface area contributed by atoms with Crippen LogP contribution in [0.4, 0.5) is 17.1 Å². The zero-order valence-electron chi connectivity index (χ0n) is 19.0. The molecule has 2 saturated heterocycles. The van der Waals surface area contributed by atoms with Crippen LogP contribution < -0.4 is 19.9 Å². The number of rotatable bonds is 6. The number of carbonyl (C=O) groups excluding carboxylic acids is 2. The third kappa shape index (κ3) is 4.66. The van der Waals surface area contributed by atoms with Gasteiger partial charge in [0.25, 0.3) is 5.91 Å².